The highest BCUT2D eigenvalue weighted by molar-refractivity contribution is 7.89. The molecule has 0 bridgehead atoms. The first-order valence-electron chi connectivity index (χ1n) is 8.43. The molecule has 0 spiro atoms. The van der Waals surface area contributed by atoms with E-state index in [2.05, 4.69) is 9.62 Å². The molecule has 0 saturated carbocycles. The predicted molar refractivity (Wildman–Crippen MR) is 96.6 cm³/mol. The van der Waals surface area contributed by atoms with Crippen LogP contribution in [0.1, 0.15) is 0 Å². The summed E-state index contributed by atoms with van der Waals surface area (Å²) >= 11 is 0. The second-order valence-corrected chi connectivity index (χ2v) is 7.84. The van der Waals surface area contributed by atoms with Gasteiger partial charge in [0.1, 0.15) is 16.5 Å². The van der Waals surface area contributed by atoms with Crippen molar-refractivity contribution in [3.8, 4) is 0 Å². The quantitative estimate of drug-likeness (QED) is 0.832. The van der Waals surface area contributed by atoms with Crippen molar-refractivity contribution in [3.05, 3.63) is 60.2 Å². The lowest BCUT2D eigenvalue weighted by Gasteiger charge is -2.36. The Bertz CT molecular complexity index is 853. The van der Waals surface area contributed by atoms with Gasteiger partial charge >= 0.3 is 0 Å². The molecule has 0 radical (unpaired) electrons. The molecule has 1 N–H and O–H groups in total. The molecule has 1 fully saturated rings. The van der Waals surface area contributed by atoms with Crippen LogP contribution in [0.25, 0.3) is 0 Å². The molecule has 1 aliphatic heterocycles. The molecule has 26 heavy (non-hydrogen) atoms. The third kappa shape index (κ3) is 4.38. The lowest BCUT2D eigenvalue weighted by atomic mass is 10.2. The molecule has 1 saturated heterocycles. The average Bonchev–Trinajstić information content (AvgIpc) is 2.63. The van der Waals surface area contributed by atoms with Gasteiger partial charge in [-0.25, -0.2) is 21.9 Å². The van der Waals surface area contributed by atoms with Gasteiger partial charge in [-0.2, -0.15) is 0 Å². The zero-order valence-electron chi connectivity index (χ0n) is 14.2. The van der Waals surface area contributed by atoms with E-state index in [1.54, 1.807) is 12.1 Å². The van der Waals surface area contributed by atoms with Crippen molar-refractivity contribution in [2.75, 3.05) is 44.2 Å². The molecule has 2 aromatic carbocycles. The van der Waals surface area contributed by atoms with Crippen LogP contribution in [0.15, 0.2) is 53.4 Å². The molecule has 1 aliphatic rings. The molecule has 0 aromatic heterocycles. The zero-order valence-corrected chi connectivity index (χ0v) is 15.1. The van der Waals surface area contributed by atoms with Crippen molar-refractivity contribution in [3.63, 3.8) is 0 Å². The third-order valence-corrected chi connectivity index (χ3v) is 5.91. The van der Waals surface area contributed by atoms with Crippen molar-refractivity contribution < 1.29 is 17.2 Å². The fraction of sp³-hybridized carbons (Fsp3) is 0.333. The molecule has 3 rings (SSSR count). The van der Waals surface area contributed by atoms with E-state index in [4.69, 9.17) is 0 Å². The summed E-state index contributed by atoms with van der Waals surface area (Å²) in [6.07, 6.45) is 0. The van der Waals surface area contributed by atoms with Crippen LogP contribution in [0.5, 0.6) is 0 Å². The largest absolute Gasteiger partial charge is 0.367 e. The minimum absolute atomic E-state index is 0.191. The Balaban J connectivity index is 1.49. The van der Waals surface area contributed by atoms with E-state index in [-0.39, 0.29) is 17.3 Å². The Hall–Kier alpha value is -2.03. The summed E-state index contributed by atoms with van der Waals surface area (Å²) in [6, 6.07) is 12.0. The molecule has 2 aromatic rings. The molecule has 140 valence electrons. The summed E-state index contributed by atoms with van der Waals surface area (Å²) in [6.45, 7) is 3.45. The van der Waals surface area contributed by atoms with Crippen molar-refractivity contribution in [2.24, 2.45) is 0 Å². The average molecular weight is 381 g/mol. The summed E-state index contributed by atoms with van der Waals surface area (Å²) in [7, 11) is -3.86. The summed E-state index contributed by atoms with van der Waals surface area (Å²) in [5, 5.41) is 0. The number of rotatable bonds is 6. The van der Waals surface area contributed by atoms with Crippen molar-refractivity contribution in [2.45, 2.75) is 4.90 Å². The summed E-state index contributed by atoms with van der Waals surface area (Å²) < 4.78 is 54.2. The van der Waals surface area contributed by atoms with Gasteiger partial charge in [0.2, 0.25) is 10.0 Å². The van der Waals surface area contributed by atoms with Crippen LogP contribution in [0.2, 0.25) is 0 Å². The van der Waals surface area contributed by atoms with E-state index in [0.29, 0.717) is 38.4 Å². The van der Waals surface area contributed by atoms with Crippen LogP contribution >= 0.6 is 0 Å². The smallest absolute Gasteiger partial charge is 0.243 e. The van der Waals surface area contributed by atoms with Gasteiger partial charge < -0.3 is 4.90 Å². The maximum absolute atomic E-state index is 13.8. The minimum Gasteiger partial charge on any atom is -0.367 e. The number of halogens is 2. The highest BCUT2D eigenvalue weighted by Crippen LogP contribution is 2.20. The van der Waals surface area contributed by atoms with E-state index < -0.39 is 15.8 Å². The van der Waals surface area contributed by atoms with E-state index in [0.717, 1.165) is 6.07 Å². The molecular weight excluding hydrogens is 360 g/mol. The SMILES string of the molecule is O=S(=O)(NCCN1CCN(c2ccccc2F)CC1)c1ccccc1F. The fourth-order valence-electron chi connectivity index (χ4n) is 3.00. The number of piperazine rings is 1. The summed E-state index contributed by atoms with van der Waals surface area (Å²) in [5.41, 5.74) is 0.590. The number of nitrogens with zero attached hydrogens (tertiary/aromatic N) is 2. The molecule has 0 atom stereocenters. The number of hydrogen-bond donors (Lipinski definition) is 1. The van der Waals surface area contributed by atoms with Gasteiger partial charge in [-0.1, -0.05) is 24.3 Å². The van der Waals surface area contributed by atoms with Gasteiger partial charge in [0.15, 0.2) is 0 Å². The molecule has 0 aliphatic carbocycles. The second kappa shape index (κ2) is 8.11. The Morgan fingerprint density at radius 3 is 2.15 bits per heavy atom. The van der Waals surface area contributed by atoms with Gasteiger partial charge in [-0.15, -0.1) is 0 Å². The number of benzene rings is 2. The monoisotopic (exact) mass is 381 g/mol. The maximum atomic E-state index is 13.8. The normalized spacial score (nSPS) is 16.0. The van der Waals surface area contributed by atoms with E-state index in [9.17, 15) is 17.2 Å². The molecule has 1 heterocycles. The molecule has 8 heteroatoms. The Kier molecular flexibility index (Phi) is 5.85. The highest BCUT2D eigenvalue weighted by Gasteiger charge is 2.21. The van der Waals surface area contributed by atoms with Crippen LogP contribution < -0.4 is 9.62 Å². The Labute approximate surface area is 152 Å². The molecular formula is C18H21F2N3O2S. The Morgan fingerprint density at radius 1 is 0.885 bits per heavy atom. The first-order chi connectivity index (χ1) is 12.5. The standard InChI is InChI=1S/C18H21F2N3O2S/c19-15-5-1-3-7-17(15)23-13-11-22(12-14-23)10-9-21-26(24,25)18-8-4-2-6-16(18)20/h1-8,21H,9-14H2. The van der Waals surface area contributed by atoms with Crippen molar-refractivity contribution in [1.82, 2.24) is 9.62 Å². The van der Waals surface area contributed by atoms with E-state index >= 15 is 0 Å². The van der Waals surface area contributed by atoms with Crippen molar-refractivity contribution >= 4 is 15.7 Å². The first-order valence-corrected chi connectivity index (χ1v) is 9.92. The number of para-hydroxylation sites is 1. The topological polar surface area (TPSA) is 52.7 Å². The molecule has 5 nitrogen and oxygen atoms in total. The number of hydrogen-bond acceptors (Lipinski definition) is 4. The number of anilines is 1. The van der Waals surface area contributed by atoms with Gasteiger partial charge in [-0.05, 0) is 24.3 Å². The van der Waals surface area contributed by atoms with Gasteiger partial charge in [-0.3, -0.25) is 4.90 Å². The fourth-order valence-corrected chi connectivity index (χ4v) is 4.10. The first kappa shape index (κ1) is 18.8. The van der Waals surface area contributed by atoms with Gasteiger partial charge in [0.05, 0.1) is 5.69 Å². The van der Waals surface area contributed by atoms with Gasteiger partial charge in [0, 0.05) is 39.3 Å². The molecule has 0 unspecified atom stereocenters. The number of nitrogens with one attached hydrogen (secondary N) is 1. The summed E-state index contributed by atoms with van der Waals surface area (Å²) in [4.78, 5) is 3.74. The predicted octanol–water partition coefficient (Wildman–Crippen LogP) is 2.07. The Morgan fingerprint density at radius 2 is 1.50 bits per heavy atom. The minimum atomic E-state index is -3.86. The lowest BCUT2D eigenvalue weighted by molar-refractivity contribution is 0.261. The van der Waals surface area contributed by atoms with Crippen LogP contribution in [0.3, 0.4) is 0 Å². The van der Waals surface area contributed by atoms with Crippen LogP contribution in [0, 0.1) is 11.6 Å². The third-order valence-electron chi connectivity index (χ3n) is 4.41. The van der Waals surface area contributed by atoms with Crippen LogP contribution in [0.4, 0.5) is 14.5 Å². The zero-order chi connectivity index (χ0) is 18.6. The van der Waals surface area contributed by atoms with E-state index in [1.807, 2.05) is 11.0 Å². The van der Waals surface area contributed by atoms with Crippen LogP contribution in [-0.4, -0.2) is 52.6 Å². The maximum Gasteiger partial charge on any atom is 0.243 e. The van der Waals surface area contributed by atoms with E-state index in [1.165, 1.54) is 24.3 Å². The lowest BCUT2D eigenvalue weighted by Crippen LogP contribution is -2.48. The van der Waals surface area contributed by atoms with Gasteiger partial charge in [0.25, 0.3) is 0 Å². The van der Waals surface area contributed by atoms with Crippen LogP contribution in [-0.2, 0) is 10.0 Å². The number of sulfonamides is 1. The summed E-state index contributed by atoms with van der Waals surface area (Å²) in [5.74, 6) is -1.00. The highest BCUT2D eigenvalue weighted by atomic mass is 32.2. The van der Waals surface area contributed by atoms with Crippen molar-refractivity contribution in [1.29, 1.82) is 0 Å². The second-order valence-electron chi connectivity index (χ2n) is 6.11. The molecule has 0 amide bonds.